The van der Waals surface area contributed by atoms with Gasteiger partial charge in [0.25, 0.3) is 0 Å². The van der Waals surface area contributed by atoms with Crippen LogP contribution in [0.3, 0.4) is 0 Å². The number of guanidine groups is 1. The second-order valence-electron chi connectivity index (χ2n) is 7.36. The van der Waals surface area contributed by atoms with Gasteiger partial charge in [0, 0.05) is 44.2 Å². The van der Waals surface area contributed by atoms with Crippen molar-refractivity contribution >= 4 is 35.6 Å². The van der Waals surface area contributed by atoms with Crippen molar-refractivity contribution in [1.29, 1.82) is 0 Å². The minimum Gasteiger partial charge on any atom is -0.354 e. The van der Waals surface area contributed by atoms with E-state index in [0.717, 1.165) is 37.8 Å². The van der Waals surface area contributed by atoms with Crippen molar-refractivity contribution in [2.24, 2.45) is 4.99 Å². The molecule has 1 aromatic carbocycles. The van der Waals surface area contributed by atoms with Crippen molar-refractivity contribution in [3.63, 3.8) is 0 Å². The highest BCUT2D eigenvalue weighted by Crippen LogP contribution is 2.50. The summed E-state index contributed by atoms with van der Waals surface area (Å²) in [6.07, 6.45) is 7.96. The average Bonchev–Trinajstić information content (AvgIpc) is 3.40. The summed E-state index contributed by atoms with van der Waals surface area (Å²) in [5.74, 6) is 1.99. The zero-order valence-electron chi connectivity index (χ0n) is 16.2. The van der Waals surface area contributed by atoms with Crippen molar-refractivity contribution in [2.45, 2.75) is 51.0 Å². The van der Waals surface area contributed by atoms with E-state index < -0.39 is 0 Å². The molecule has 1 N–H and O–H groups in total. The van der Waals surface area contributed by atoms with Gasteiger partial charge in [0.05, 0.1) is 0 Å². The number of fused-ring (bicyclic) bond motifs is 2. The number of nitrogens with one attached hydrogen (secondary N) is 1. The van der Waals surface area contributed by atoms with E-state index in [1.807, 2.05) is 13.4 Å². The van der Waals surface area contributed by atoms with Gasteiger partial charge in [-0.1, -0.05) is 38.0 Å². The van der Waals surface area contributed by atoms with Crippen molar-refractivity contribution in [1.82, 2.24) is 20.1 Å². The molecular formula is C20H29IN6. The molecule has 1 aromatic heterocycles. The van der Waals surface area contributed by atoms with Crippen LogP contribution >= 0.6 is 24.0 Å². The Morgan fingerprint density at radius 1 is 1.26 bits per heavy atom. The Bertz CT molecular complexity index is 793. The average molecular weight is 480 g/mol. The van der Waals surface area contributed by atoms with Crippen molar-refractivity contribution in [3.05, 3.63) is 42.0 Å². The van der Waals surface area contributed by atoms with Crippen LogP contribution in [0.15, 0.2) is 35.6 Å². The lowest BCUT2D eigenvalue weighted by Gasteiger charge is -2.26. The van der Waals surface area contributed by atoms with Crippen LogP contribution in [0, 0.1) is 0 Å². The molecular weight excluding hydrogens is 451 g/mol. The minimum atomic E-state index is 0. The molecule has 0 unspecified atom stereocenters. The summed E-state index contributed by atoms with van der Waals surface area (Å²) in [5.41, 5.74) is 3.14. The fourth-order valence-electron chi connectivity index (χ4n) is 4.62. The van der Waals surface area contributed by atoms with Crippen LogP contribution in [0.2, 0.25) is 0 Å². The highest BCUT2D eigenvalue weighted by atomic mass is 127. The highest BCUT2D eigenvalue weighted by molar-refractivity contribution is 14.0. The third-order valence-corrected chi connectivity index (χ3v) is 5.90. The minimum absolute atomic E-state index is 0. The lowest BCUT2D eigenvalue weighted by Crippen LogP contribution is -2.44. The van der Waals surface area contributed by atoms with E-state index in [1.54, 1.807) is 0 Å². The molecule has 2 aliphatic rings. The topological polar surface area (TPSA) is 58.3 Å². The summed E-state index contributed by atoms with van der Waals surface area (Å²) >= 11 is 0. The van der Waals surface area contributed by atoms with Crippen LogP contribution in [0.5, 0.6) is 0 Å². The lowest BCUT2D eigenvalue weighted by molar-refractivity contribution is 0.478. The highest BCUT2D eigenvalue weighted by Gasteiger charge is 2.45. The van der Waals surface area contributed by atoms with Gasteiger partial charge in [-0.2, -0.15) is 0 Å². The van der Waals surface area contributed by atoms with Crippen molar-refractivity contribution in [3.8, 4) is 0 Å². The number of para-hydroxylation sites is 1. The molecule has 7 heteroatoms. The standard InChI is InChI=1S/C20H28N6.HI/c1-3-18-24-23-15-25(18)13-12-22-19(21-2)26-14-20(10-6-7-11-20)16-8-4-5-9-17(16)26;/h4-5,8-9,15H,3,6-7,10-14H2,1-2H3,(H,21,22);1H. The van der Waals surface area contributed by atoms with Gasteiger partial charge < -0.3 is 14.8 Å². The Hall–Kier alpha value is -1.64. The first-order valence-electron chi connectivity index (χ1n) is 9.72. The molecule has 0 amide bonds. The van der Waals surface area contributed by atoms with Crippen LogP contribution in [-0.2, 0) is 18.4 Å². The second-order valence-corrected chi connectivity index (χ2v) is 7.36. The normalized spacial score (nSPS) is 17.9. The number of nitrogens with zero attached hydrogens (tertiary/aromatic N) is 5. The SMILES string of the molecule is CCc1nncn1CCNC(=NC)N1CC2(CCCC2)c2ccccc21.I. The molecule has 4 rings (SSSR count). The van der Waals surface area contributed by atoms with Gasteiger partial charge in [0.15, 0.2) is 5.96 Å². The number of hydrogen-bond donors (Lipinski definition) is 1. The maximum Gasteiger partial charge on any atom is 0.198 e. The third-order valence-electron chi connectivity index (χ3n) is 5.90. The van der Waals surface area contributed by atoms with E-state index in [1.165, 1.54) is 36.9 Å². The summed E-state index contributed by atoms with van der Waals surface area (Å²) in [5, 5.41) is 11.7. The molecule has 2 heterocycles. The molecule has 1 aliphatic heterocycles. The first-order valence-corrected chi connectivity index (χ1v) is 9.72. The summed E-state index contributed by atoms with van der Waals surface area (Å²) in [4.78, 5) is 6.96. The van der Waals surface area contributed by atoms with Gasteiger partial charge in [-0.05, 0) is 24.5 Å². The molecule has 1 aliphatic carbocycles. The van der Waals surface area contributed by atoms with Gasteiger partial charge in [0.1, 0.15) is 12.2 Å². The number of aryl methyl sites for hydroxylation is 1. The Morgan fingerprint density at radius 2 is 2.04 bits per heavy atom. The summed E-state index contributed by atoms with van der Waals surface area (Å²) in [6, 6.07) is 8.87. The molecule has 0 atom stereocenters. The predicted molar refractivity (Wildman–Crippen MR) is 120 cm³/mol. The molecule has 27 heavy (non-hydrogen) atoms. The molecule has 0 bridgehead atoms. The Morgan fingerprint density at radius 3 is 2.78 bits per heavy atom. The van der Waals surface area contributed by atoms with Gasteiger partial charge in [0.2, 0.25) is 0 Å². The fourth-order valence-corrected chi connectivity index (χ4v) is 4.62. The number of aliphatic imine (C=N–C) groups is 1. The second kappa shape index (κ2) is 8.58. The van der Waals surface area contributed by atoms with Gasteiger partial charge >= 0.3 is 0 Å². The van der Waals surface area contributed by atoms with E-state index in [4.69, 9.17) is 0 Å². The largest absolute Gasteiger partial charge is 0.354 e. The van der Waals surface area contributed by atoms with Crippen molar-refractivity contribution < 1.29 is 0 Å². The van der Waals surface area contributed by atoms with Crippen LogP contribution in [0.4, 0.5) is 5.69 Å². The zero-order valence-corrected chi connectivity index (χ0v) is 18.5. The molecule has 1 fully saturated rings. The lowest BCUT2D eigenvalue weighted by atomic mass is 9.81. The number of benzene rings is 1. The predicted octanol–water partition coefficient (Wildman–Crippen LogP) is 3.37. The third kappa shape index (κ3) is 3.70. The van der Waals surface area contributed by atoms with E-state index >= 15 is 0 Å². The Labute approximate surface area is 178 Å². The van der Waals surface area contributed by atoms with Gasteiger partial charge in [-0.25, -0.2) is 0 Å². The molecule has 146 valence electrons. The van der Waals surface area contributed by atoms with E-state index in [2.05, 4.69) is 61.2 Å². The Kier molecular flexibility index (Phi) is 6.39. The van der Waals surface area contributed by atoms with Crippen LogP contribution in [-0.4, -0.2) is 40.9 Å². The number of rotatable bonds is 4. The number of anilines is 1. The number of hydrogen-bond acceptors (Lipinski definition) is 3. The van der Waals surface area contributed by atoms with E-state index in [-0.39, 0.29) is 24.0 Å². The van der Waals surface area contributed by atoms with Crippen LogP contribution in [0.1, 0.15) is 44.0 Å². The van der Waals surface area contributed by atoms with Gasteiger partial charge in [-0.15, -0.1) is 34.2 Å². The maximum atomic E-state index is 4.58. The molecule has 0 radical (unpaired) electrons. The molecule has 1 saturated carbocycles. The van der Waals surface area contributed by atoms with Crippen LogP contribution in [0.25, 0.3) is 0 Å². The molecule has 6 nitrogen and oxygen atoms in total. The Balaban J connectivity index is 0.00000210. The van der Waals surface area contributed by atoms with E-state index in [0.29, 0.717) is 5.41 Å². The maximum absolute atomic E-state index is 4.58. The monoisotopic (exact) mass is 480 g/mol. The fraction of sp³-hybridized carbons (Fsp3) is 0.550. The number of halogens is 1. The molecule has 2 aromatic rings. The smallest absolute Gasteiger partial charge is 0.198 e. The quantitative estimate of drug-likeness (QED) is 0.414. The summed E-state index contributed by atoms with van der Waals surface area (Å²) < 4.78 is 2.11. The first kappa shape index (κ1) is 20.1. The van der Waals surface area contributed by atoms with E-state index in [9.17, 15) is 0 Å². The number of aromatic nitrogens is 3. The zero-order chi connectivity index (χ0) is 18.0. The first-order chi connectivity index (χ1) is 12.8. The van der Waals surface area contributed by atoms with Crippen LogP contribution < -0.4 is 10.2 Å². The molecule has 0 saturated heterocycles. The summed E-state index contributed by atoms with van der Waals surface area (Å²) in [6.45, 7) is 4.80. The molecule has 1 spiro atoms. The summed E-state index contributed by atoms with van der Waals surface area (Å²) in [7, 11) is 1.88. The van der Waals surface area contributed by atoms with Crippen molar-refractivity contribution in [2.75, 3.05) is 25.0 Å². The van der Waals surface area contributed by atoms with Gasteiger partial charge in [-0.3, -0.25) is 4.99 Å².